The highest BCUT2D eigenvalue weighted by Gasteiger charge is 2.65. The van der Waals surface area contributed by atoms with E-state index in [0.29, 0.717) is 0 Å². The molecule has 0 amide bonds. The molecule has 0 aliphatic rings. The van der Waals surface area contributed by atoms with Crippen molar-refractivity contribution in [3.63, 3.8) is 0 Å². The molecule has 0 N–H and O–H groups in total. The molecule has 0 bridgehead atoms. The molecule has 0 fully saturated rings. The smallest absolute Gasteiger partial charge is 0.453 e. The highest BCUT2D eigenvalue weighted by atomic mass is 19.4. The van der Waals surface area contributed by atoms with Gasteiger partial charge in [0, 0.05) is 18.8 Å². The van der Waals surface area contributed by atoms with Crippen molar-refractivity contribution in [3.05, 3.63) is 10.1 Å². The van der Waals surface area contributed by atoms with Gasteiger partial charge in [-0.3, -0.25) is 10.1 Å². The molecule has 5 nitrogen and oxygen atoms in total. The Bertz CT molecular complexity index is 325. The fourth-order valence-corrected chi connectivity index (χ4v) is 0.501. The molecule has 0 aromatic rings. The molecule has 0 saturated heterocycles. The number of rotatable bonds is 4. The molecule has 0 unspecified atom stereocenters. The van der Waals surface area contributed by atoms with Crippen molar-refractivity contribution in [2.45, 2.75) is 31.5 Å². The Balaban J connectivity index is 4.64. The summed E-state index contributed by atoms with van der Waals surface area (Å²) in [5, 5.41) is 10.3. The Kier molecular flexibility index (Phi) is 4.03. The summed E-state index contributed by atoms with van der Waals surface area (Å²) in [4.78, 5) is 19.8. The minimum absolute atomic E-state index is 0.909. The van der Waals surface area contributed by atoms with E-state index in [0.717, 1.165) is 13.8 Å². The van der Waals surface area contributed by atoms with E-state index < -0.39 is 35.1 Å². The lowest BCUT2D eigenvalue weighted by molar-refractivity contribution is -0.563. The van der Waals surface area contributed by atoms with Gasteiger partial charge in [-0.25, -0.2) is 4.79 Å². The van der Waals surface area contributed by atoms with E-state index in [4.69, 9.17) is 0 Å². The number of esters is 1. The number of hydrogen-bond acceptors (Lipinski definition) is 4. The zero-order valence-corrected chi connectivity index (χ0v) is 8.68. The highest BCUT2D eigenvalue weighted by molar-refractivity contribution is 5.78. The third-order valence-electron chi connectivity index (χ3n) is 1.66. The molecule has 0 aliphatic carbocycles. The van der Waals surface area contributed by atoms with E-state index in [9.17, 15) is 36.9 Å². The van der Waals surface area contributed by atoms with Gasteiger partial charge < -0.3 is 4.74 Å². The maximum absolute atomic E-state index is 12.3. The number of hydrogen-bond donors (Lipinski definition) is 0. The number of carbonyl (C=O) groups excluding carboxylic acids is 1. The van der Waals surface area contributed by atoms with Gasteiger partial charge in [-0.1, -0.05) is 0 Å². The number of halogens is 5. The van der Waals surface area contributed by atoms with Crippen molar-refractivity contribution in [3.8, 4) is 0 Å². The van der Waals surface area contributed by atoms with Gasteiger partial charge in [0.1, 0.15) is 0 Å². The van der Waals surface area contributed by atoms with E-state index in [1.54, 1.807) is 0 Å². The standard InChI is InChI=1S/C7H8F5NO4/c1-5(2,13(15)16)3-17-4(14)6(8,9)7(10,11)12/h3H2,1-2H3. The maximum atomic E-state index is 12.3. The average Bonchev–Trinajstić information content (AvgIpc) is 2.12. The largest absolute Gasteiger partial charge is 0.465 e. The zero-order valence-electron chi connectivity index (χ0n) is 8.68. The number of carbonyl (C=O) groups is 1. The van der Waals surface area contributed by atoms with Crippen LogP contribution < -0.4 is 0 Å². The van der Waals surface area contributed by atoms with Crippen LogP contribution in [0, 0.1) is 10.1 Å². The quantitative estimate of drug-likeness (QED) is 0.336. The van der Waals surface area contributed by atoms with Crippen LogP contribution in [0.2, 0.25) is 0 Å². The Morgan fingerprint density at radius 1 is 1.24 bits per heavy atom. The fraction of sp³-hybridized carbons (Fsp3) is 0.857. The molecular formula is C7H8F5NO4. The molecule has 0 spiro atoms. The summed E-state index contributed by atoms with van der Waals surface area (Å²) in [5.41, 5.74) is -1.95. The lowest BCUT2D eigenvalue weighted by atomic mass is 10.1. The maximum Gasteiger partial charge on any atom is 0.465 e. The molecule has 0 aromatic carbocycles. The first kappa shape index (κ1) is 15.5. The normalized spacial score (nSPS) is 13.4. The lowest BCUT2D eigenvalue weighted by Gasteiger charge is -2.20. The first-order chi connectivity index (χ1) is 7.32. The van der Waals surface area contributed by atoms with Crippen LogP contribution in [-0.2, 0) is 9.53 Å². The highest BCUT2D eigenvalue weighted by Crippen LogP contribution is 2.36. The van der Waals surface area contributed by atoms with Gasteiger partial charge in [0.15, 0.2) is 6.61 Å². The molecule has 0 heterocycles. The molecule has 0 rings (SSSR count). The summed E-state index contributed by atoms with van der Waals surface area (Å²) >= 11 is 0. The van der Waals surface area contributed by atoms with E-state index >= 15 is 0 Å². The van der Waals surface area contributed by atoms with Crippen molar-refractivity contribution in [1.29, 1.82) is 0 Å². The number of ether oxygens (including phenoxy) is 1. The molecule has 17 heavy (non-hydrogen) atoms. The monoisotopic (exact) mass is 265 g/mol. The van der Waals surface area contributed by atoms with Gasteiger partial charge in [-0.2, -0.15) is 22.0 Å². The zero-order chi connectivity index (χ0) is 14.1. The van der Waals surface area contributed by atoms with Gasteiger partial charge in [-0.15, -0.1) is 0 Å². The molecule has 0 saturated carbocycles. The fourth-order valence-electron chi connectivity index (χ4n) is 0.501. The van der Waals surface area contributed by atoms with Crippen molar-refractivity contribution in [1.82, 2.24) is 0 Å². The van der Waals surface area contributed by atoms with Crippen LogP contribution in [0.25, 0.3) is 0 Å². The van der Waals surface area contributed by atoms with Gasteiger partial charge in [-0.05, 0) is 0 Å². The summed E-state index contributed by atoms with van der Waals surface area (Å²) in [6.45, 7) is 0.628. The van der Waals surface area contributed by atoms with Gasteiger partial charge in [0.25, 0.3) is 0 Å². The SMILES string of the molecule is CC(C)(COC(=O)C(F)(F)C(F)(F)F)[N+](=O)[O-]. The summed E-state index contributed by atoms with van der Waals surface area (Å²) < 4.78 is 63.3. The Hall–Kier alpha value is -1.48. The third kappa shape index (κ3) is 3.49. The Labute approximate surface area is 91.7 Å². The van der Waals surface area contributed by atoms with Crippen molar-refractivity contribution < 1.29 is 36.4 Å². The van der Waals surface area contributed by atoms with Crippen molar-refractivity contribution >= 4 is 5.97 Å². The van der Waals surface area contributed by atoms with E-state index in [1.165, 1.54) is 0 Å². The van der Waals surface area contributed by atoms with E-state index in [1.807, 2.05) is 0 Å². The molecule has 10 heteroatoms. The minimum Gasteiger partial charge on any atom is -0.453 e. The van der Waals surface area contributed by atoms with Crippen LogP contribution in [-0.4, -0.2) is 35.1 Å². The van der Waals surface area contributed by atoms with Crippen LogP contribution in [0.3, 0.4) is 0 Å². The third-order valence-corrected chi connectivity index (χ3v) is 1.66. The van der Waals surface area contributed by atoms with Crippen LogP contribution >= 0.6 is 0 Å². The average molecular weight is 265 g/mol. The summed E-state index contributed by atoms with van der Waals surface area (Å²) in [5.74, 6) is -8.54. The Morgan fingerprint density at radius 3 is 1.94 bits per heavy atom. The number of nitro groups is 1. The van der Waals surface area contributed by atoms with Gasteiger partial charge >= 0.3 is 18.1 Å². The number of alkyl halides is 5. The van der Waals surface area contributed by atoms with Crippen LogP contribution in [0.5, 0.6) is 0 Å². The lowest BCUT2D eigenvalue weighted by Crippen LogP contribution is -2.47. The first-order valence-corrected chi connectivity index (χ1v) is 4.08. The molecule has 0 atom stereocenters. The Morgan fingerprint density at radius 2 is 1.65 bits per heavy atom. The van der Waals surface area contributed by atoms with Crippen LogP contribution in [0.15, 0.2) is 0 Å². The molecule has 0 aromatic heterocycles. The predicted molar refractivity (Wildman–Crippen MR) is 43.0 cm³/mol. The second-order valence-electron chi connectivity index (χ2n) is 3.72. The second-order valence-corrected chi connectivity index (χ2v) is 3.72. The van der Waals surface area contributed by atoms with Crippen molar-refractivity contribution in [2.24, 2.45) is 0 Å². The van der Waals surface area contributed by atoms with Gasteiger partial charge in [0.2, 0.25) is 5.54 Å². The van der Waals surface area contributed by atoms with E-state index in [2.05, 4.69) is 4.74 Å². The first-order valence-electron chi connectivity index (χ1n) is 4.08. The summed E-state index contributed by atoms with van der Waals surface area (Å²) in [6.07, 6.45) is -6.09. The van der Waals surface area contributed by atoms with Crippen LogP contribution in [0.4, 0.5) is 22.0 Å². The topological polar surface area (TPSA) is 69.4 Å². The second kappa shape index (κ2) is 4.41. The predicted octanol–water partition coefficient (Wildman–Crippen LogP) is 1.78. The number of nitrogens with zero attached hydrogens (tertiary/aromatic N) is 1. The molecule has 0 aliphatic heterocycles. The molecular weight excluding hydrogens is 257 g/mol. The van der Waals surface area contributed by atoms with E-state index in [-0.39, 0.29) is 0 Å². The summed E-state index contributed by atoms with van der Waals surface area (Å²) in [6, 6.07) is 0. The summed E-state index contributed by atoms with van der Waals surface area (Å²) in [7, 11) is 0. The van der Waals surface area contributed by atoms with Crippen LogP contribution in [0.1, 0.15) is 13.8 Å². The minimum atomic E-state index is -6.09. The van der Waals surface area contributed by atoms with Gasteiger partial charge in [0.05, 0.1) is 0 Å². The van der Waals surface area contributed by atoms with Crippen molar-refractivity contribution in [2.75, 3.05) is 6.61 Å². The molecule has 100 valence electrons. The molecule has 0 radical (unpaired) electrons.